The van der Waals surface area contributed by atoms with Gasteiger partial charge in [-0.25, -0.2) is 0 Å². The minimum absolute atomic E-state index is 0.285. The molecule has 0 aliphatic carbocycles. The van der Waals surface area contributed by atoms with Gasteiger partial charge in [0, 0.05) is 19.3 Å². The van der Waals surface area contributed by atoms with E-state index in [0.717, 1.165) is 11.4 Å². The summed E-state index contributed by atoms with van der Waals surface area (Å²) in [4.78, 5) is 0. The van der Waals surface area contributed by atoms with Crippen LogP contribution in [-0.4, -0.2) is 9.78 Å². The Morgan fingerprint density at radius 2 is 1.78 bits per heavy atom. The van der Waals surface area contributed by atoms with Gasteiger partial charge in [-0.2, -0.15) is 5.10 Å². The van der Waals surface area contributed by atoms with Crippen molar-refractivity contribution in [2.75, 3.05) is 5.32 Å². The number of hydrogen-bond donors (Lipinski definition) is 1. The van der Waals surface area contributed by atoms with Gasteiger partial charge in [0.05, 0.1) is 11.4 Å². The molecular formula is C15H21N3. The maximum Gasteiger partial charge on any atom is 0.0881 e. The molecule has 0 aliphatic rings. The standard InChI is InChI=1S/C15H21N3/c1-11(2)15-14(10-18(4)17-15)16-12(3)13-8-6-5-7-9-13/h5-12,16H,1-4H3. The number of anilines is 1. The first-order valence-corrected chi connectivity index (χ1v) is 6.43. The van der Waals surface area contributed by atoms with Crippen LogP contribution in [0.2, 0.25) is 0 Å². The maximum absolute atomic E-state index is 4.51. The zero-order chi connectivity index (χ0) is 13.1. The Bertz CT molecular complexity index is 500. The third kappa shape index (κ3) is 2.73. The minimum atomic E-state index is 0.285. The summed E-state index contributed by atoms with van der Waals surface area (Å²) in [5.74, 6) is 0.427. The van der Waals surface area contributed by atoms with Crippen LogP contribution in [0.5, 0.6) is 0 Å². The lowest BCUT2D eigenvalue weighted by molar-refractivity contribution is 0.713. The van der Waals surface area contributed by atoms with E-state index in [1.54, 1.807) is 0 Å². The molecule has 0 bridgehead atoms. The smallest absolute Gasteiger partial charge is 0.0881 e. The second-order valence-corrected chi connectivity index (χ2v) is 5.03. The first kappa shape index (κ1) is 12.7. The molecule has 1 heterocycles. The Morgan fingerprint density at radius 3 is 2.39 bits per heavy atom. The number of aromatic nitrogens is 2. The molecule has 2 aromatic rings. The van der Waals surface area contributed by atoms with E-state index in [4.69, 9.17) is 0 Å². The SMILES string of the molecule is CC(C)c1nn(C)cc1NC(C)c1ccccc1. The maximum atomic E-state index is 4.51. The van der Waals surface area contributed by atoms with E-state index in [2.05, 4.69) is 61.6 Å². The second-order valence-electron chi connectivity index (χ2n) is 5.03. The van der Waals surface area contributed by atoms with Gasteiger partial charge in [0.25, 0.3) is 0 Å². The van der Waals surface area contributed by atoms with E-state index >= 15 is 0 Å². The summed E-state index contributed by atoms with van der Waals surface area (Å²) in [5, 5.41) is 8.06. The Balaban J connectivity index is 2.19. The summed E-state index contributed by atoms with van der Waals surface area (Å²) in [6.45, 7) is 6.51. The molecule has 2 rings (SSSR count). The number of benzene rings is 1. The van der Waals surface area contributed by atoms with Gasteiger partial charge in [-0.05, 0) is 18.4 Å². The molecule has 0 aliphatic heterocycles. The first-order chi connectivity index (χ1) is 8.58. The van der Waals surface area contributed by atoms with Gasteiger partial charge in [0.1, 0.15) is 0 Å². The monoisotopic (exact) mass is 243 g/mol. The third-order valence-corrected chi connectivity index (χ3v) is 3.08. The van der Waals surface area contributed by atoms with Crippen molar-refractivity contribution in [1.82, 2.24) is 9.78 Å². The van der Waals surface area contributed by atoms with E-state index in [-0.39, 0.29) is 6.04 Å². The predicted octanol–water partition coefficient (Wildman–Crippen LogP) is 3.72. The summed E-state index contributed by atoms with van der Waals surface area (Å²) in [7, 11) is 1.96. The van der Waals surface area contributed by atoms with Gasteiger partial charge < -0.3 is 5.32 Å². The zero-order valence-electron chi connectivity index (χ0n) is 11.5. The highest BCUT2D eigenvalue weighted by molar-refractivity contribution is 5.49. The van der Waals surface area contributed by atoms with Crippen LogP contribution in [0.15, 0.2) is 36.5 Å². The molecule has 3 heteroatoms. The molecule has 0 fully saturated rings. The van der Waals surface area contributed by atoms with Crippen molar-refractivity contribution in [3.05, 3.63) is 47.8 Å². The highest BCUT2D eigenvalue weighted by atomic mass is 15.3. The van der Waals surface area contributed by atoms with E-state index in [9.17, 15) is 0 Å². The molecule has 3 nitrogen and oxygen atoms in total. The van der Waals surface area contributed by atoms with Crippen molar-refractivity contribution in [3.8, 4) is 0 Å². The molecule has 18 heavy (non-hydrogen) atoms. The second kappa shape index (κ2) is 5.25. The number of nitrogens with zero attached hydrogens (tertiary/aromatic N) is 2. The highest BCUT2D eigenvalue weighted by Gasteiger charge is 2.13. The van der Waals surface area contributed by atoms with Gasteiger partial charge in [-0.1, -0.05) is 44.2 Å². The zero-order valence-corrected chi connectivity index (χ0v) is 11.5. The minimum Gasteiger partial charge on any atom is -0.376 e. The van der Waals surface area contributed by atoms with Gasteiger partial charge in [0.15, 0.2) is 0 Å². The van der Waals surface area contributed by atoms with Crippen molar-refractivity contribution in [2.24, 2.45) is 7.05 Å². The van der Waals surface area contributed by atoms with E-state index in [1.165, 1.54) is 5.56 Å². The van der Waals surface area contributed by atoms with Crippen molar-refractivity contribution >= 4 is 5.69 Å². The molecule has 0 saturated carbocycles. The van der Waals surface area contributed by atoms with Crippen LogP contribution < -0.4 is 5.32 Å². The molecule has 0 radical (unpaired) electrons. The fraction of sp³-hybridized carbons (Fsp3) is 0.400. The predicted molar refractivity (Wildman–Crippen MR) is 75.8 cm³/mol. The van der Waals surface area contributed by atoms with Crippen molar-refractivity contribution in [1.29, 1.82) is 0 Å². The van der Waals surface area contributed by atoms with Gasteiger partial charge in [-0.3, -0.25) is 4.68 Å². The summed E-state index contributed by atoms with van der Waals surface area (Å²) in [6, 6.07) is 10.7. The van der Waals surface area contributed by atoms with E-state index in [1.807, 2.05) is 17.8 Å². The molecule has 1 aromatic heterocycles. The summed E-state index contributed by atoms with van der Waals surface area (Å²) in [5.41, 5.74) is 3.54. The van der Waals surface area contributed by atoms with E-state index < -0.39 is 0 Å². The number of rotatable bonds is 4. The highest BCUT2D eigenvalue weighted by Crippen LogP contribution is 2.26. The molecule has 0 spiro atoms. The van der Waals surface area contributed by atoms with Crippen LogP contribution in [0.1, 0.15) is 44.0 Å². The van der Waals surface area contributed by atoms with Crippen LogP contribution in [0.3, 0.4) is 0 Å². The first-order valence-electron chi connectivity index (χ1n) is 6.43. The van der Waals surface area contributed by atoms with Crippen molar-refractivity contribution in [3.63, 3.8) is 0 Å². The fourth-order valence-electron chi connectivity index (χ4n) is 2.10. The molecule has 1 unspecified atom stereocenters. The van der Waals surface area contributed by atoms with Crippen LogP contribution in [0.25, 0.3) is 0 Å². The molecule has 1 atom stereocenters. The lowest BCUT2D eigenvalue weighted by atomic mass is 10.1. The fourth-order valence-corrected chi connectivity index (χ4v) is 2.10. The normalized spacial score (nSPS) is 12.7. The van der Waals surface area contributed by atoms with Crippen molar-refractivity contribution in [2.45, 2.75) is 32.7 Å². The van der Waals surface area contributed by atoms with Crippen LogP contribution >= 0.6 is 0 Å². The summed E-state index contributed by atoms with van der Waals surface area (Å²) >= 11 is 0. The van der Waals surface area contributed by atoms with Crippen molar-refractivity contribution < 1.29 is 0 Å². The molecular weight excluding hydrogens is 222 g/mol. The average Bonchev–Trinajstić information content (AvgIpc) is 2.71. The molecule has 1 N–H and O–H groups in total. The van der Waals surface area contributed by atoms with Gasteiger partial charge in [0.2, 0.25) is 0 Å². The number of aryl methyl sites for hydroxylation is 1. The Kier molecular flexibility index (Phi) is 3.70. The topological polar surface area (TPSA) is 29.9 Å². The van der Waals surface area contributed by atoms with Gasteiger partial charge in [-0.15, -0.1) is 0 Å². The molecule has 96 valence electrons. The number of hydrogen-bond acceptors (Lipinski definition) is 2. The molecule has 0 saturated heterocycles. The third-order valence-electron chi connectivity index (χ3n) is 3.08. The van der Waals surface area contributed by atoms with Crippen LogP contribution in [0.4, 0.5) is 5.69 Å². The molecule has 1 aromatic carbocycles. The Hall–Kier alpha value is -1.77. The lowest BCUT2D eigenvalue weighted by Crippen LogP contribution is -2.07. The van der Waals surface area contributed by atoms with E-state index in [0.29, 0.717) is 5.92 Å². The summed E-state index contributed by atoms with van der Waals surface area (Å²) in [6.07, 6.45) is 2.05. The van der Waals surface area contributed by atoms with Crippen LogP contribution in [-0.2, 0) is 7.05 Å². The van der Waals surface area contributed by atoms with Crippen LogP contribution in [0, 0.1) is 0 Å². The van der Waals surface area contributed by atoms with Gasteiger partial charge >= 0.3 is 0 Å². The Morgan fingerprint density at radius 1 is 1.11 bits per heavy atom. The summed E-state index contributed by atoms with van der Waals surface area (Å²) < 4.78 is 1.87. The number of nitrogens with one attached hydrogen (secondary N) is 1. The average molecular weight is 243 g/mol. The quantitative estimate of drug-likeness (QED) is 0.887. The Labute approximate surface area is 109 Å². The largest absolute Gasteiger partial charge is 0.376 e. The lowest BCUT2D eigenvalue weighted by Gasteiger charge is -2.16. The molecule has 0 amide bonds.